The molecule has 2 aromatic heterocycles. The topological polar surface area (TPSA) is 46.0 Å². The molecule has 0 aliphatic heterocycles. The lowest BCUT2D eigenvalue weighted by molar-refractivity contribution is -0.696. The van der Waals surface area contributed by atoms with E-state index in [0.29, 0.717) is 5.56 Å². The van der Waals surface area contributed by atoms with E-state index in [1.54, 1.807) is 6.07 Å². The average Bonchev–Trinajstić information content (AvgIpc) is 2.94. The van der Waals surface area contributed by atoms with Crippen LogP contribution in [0.2, 0.25) is 0 Å². The van der Waals surface area contributed by atoms with Crippen molar-refractivity contribution in [2.75, 3.05) is 7.11 Å². The molecule has 0 radical (unpaired) electrons. The predicted molar refractivity (Wildman–Crippen MR) is 84.7 cm³/mol. The Morgan fingerprint density at radius 3 is 3.00 bits per heavy atom. The third kappa shape index (κ3) is 2.86. The minimum atomic E-state index is -0.308. The first-order valence-electron chi connectivity index (χ1n) is 7.31. The minimum Gasteiger partial charge on any atom is -0.465 e. The summed E-state index contributed by atoms with van der Waals surface area (Å²) in [6.07, 6.45) is 6.75. The van der Waals surface area contributed by atoms with Gasteiger partial charge in [-0.1, -0.05) is 12.1 Å². The molecular formula is C18H19N2O2+. The molecule has 22 heavy (non-hydrogen) atoms. The number of H-pyrrole nitrogens is 1. The molecule has 3 rings (SSSR count). The number of aromatic amines is 1. The summed E-state index contributed by atoms with van der Waals surface area (Å²) in [6, 6.07) is 10.1. The van der Waals surface area contributed by atoms with Gasteiger partial charge in [-0.15, -0.1) is 0 Å². The number of nitrogens with zero attached hydrogens (tertiary/aromatic N) is 1. The maximum absolute atomic E-state index is 11.6. The molecule has 0 saturated carbocycles. The number of esters is 1. The van der Waals surface area contributed by atoms with Crippen molar-refractivity contribution in [1.29, 1.82) is 0 Å². The summed E-state index contributed by atoms with van der Waals surface area (Å²) in [6.45, 7) is 2.90. The van der Waals surface area contributed by atoms with Gasteiger partial charge in [-0.3, -0.25) is 0 Å². The maximum Gasteiger partial charge on any atom is 0.343 e. The van der Waals surface area contributed by atoms with E-state index in [1.165, 1.54) is 29.1 Å². The average molecular weight is 295 g/mol. The van der Waals surface area contributed by atoms with Gasteiger partial charge in [0.1, 0.15) is 5.56 Å². The van der Waals surface area contributed by atoms with Crippen LogP contribution in [0.5, 0.6) is 0 Å². The largest absolute Gasteiger partial charge is 0.465 e. The van der Waals surface area contributed by atoms with Gasteiger partial charge >= 0.3 is 5.97 Å². The highest BCUT2D eigenvalue weighted by Gasteiger charge is 2.11. The van der Waals surface area contributed by atoms with E-state index in [-0.39, 0.29) is 5.97 Å². The zero-order valence-corrected chi connectivity index (χ0v) is 12.8. The molecule has 0 bridgehead atoms. The number of fused-ring (bicyclic) bond motifs is 1. The van der Waals surface area contributed by atoms with Crippen molar-refractivity contribution >= 4 is 16.9 Å². The minimum absolute atomic E-state index is 0.308. The number of carbonyl (C=O) groups is 1. The molecule has 0 spiro atoms. The molecule has 3 aromatic rings. The summed E-state index contributed by atoms with van der Waals surface area (Å²) in [5.74, 6) is -0.308. The lowest BCUT2D eigenvalue weighted by Gasteiger charge is -2.00. The Labute approximate surface area is 129 Å². The second kappa shape index (κ2) is 6.02. The zero-order chi connectivity index (χ0) is 15.5. The van der Waals surface area contributed by atoms with Crippen LogP contribution in [0.3, 0.4) is 0 Å². The first-order valence-corrected chi connectivity index (χ1v) is 7.31. The zero-order valence-electron chi connectivity index (χ0n) is 12.8. The van der Waals surface area contributed by atoms with Gasteiger partial charge in [0, 0.05) is 29.6 Å². The van der Waals surface area contributed by atoms with E-state index in [0.717, 1.165) is 13.0 Å². The summed E-state index contributed by atoms with van der Waals surface area (Å²) < 4.78 is 6.77. The highest BCUT2D eigenvalue weighted by Crippen LogP contribution is 2.19. The fourth-order valence-electron chi connectivity index (χ4n) is 2.66. The van der Waals surface area contributed by atoms with Crippen LogP contribution in [-0.4, -0.2) is 18.1 Å². The number of carbonyl (C=O) groups excluding carboxylic acids is 1. The molecule has 0 aliphatic carbocycles. The second-order valence-corrected chi connectivity index (χ2v) is 5.43. The molecule has 1 aromatic carbocycles. The number of methoxy groups -OCH3 is 1. The third-order valence-corrected chi connectivity index (χ3v) is 3.84. The van der Waals surface area contributed by atoms with Crippen LogP contribution in [0.15, 0.2) is 48.9 Å². The Bertz CT molecular complexity index is 821. The van der Waals surface area contributed by atoms with Crippen LogP contribution in [0.1, 0.15) is 21.5 Å². The van der Waals surface area contributed by atoms with Crippen LogP contribution in [0, 0.1) is 6.92 Å². The number of benzene rings is 1. The highest BCUT2D eigenvalue weighted by atomic mass is 16.5. The van der Waals surface area contributed by atoms with E-state index in [4.69, 9.17) is 4.74 Å². The van der Waals surface area contributed by atoms with E-state index < -0.39 is 0 Å². The summed E-state index contributed by atoms with van der Waals surface area (Å²) in [5.41, 5.74) is 4.27. The number of pyridine rings is 1. The quantitative estimate of drug-likeness (QED) is 0.594. The summed E-state index contributed by atoms with van der Waals surface area (Å²) in [7, 11) is 1.40. The van der Waals surface area contributed by atoms with Crippen molar-refractivity contribution in [2.45, 2.75) is 19.9 Å². The molecule has 0 saturated heterocycles. The van der Waals surface area contributed by atoms with Gasteiger partial charge in [0.15, 0.2) is 18.9 Å². The Balaban J connectivity index is 1.78. The number of hydrogen-bond acceptors (Lipinski definition) is 2. The molecule has 0 aliphatic rings. The highest BCUT2D eigenvalue weighted by molar-refractivity contribution is 5.88. The van der Waals surface area contributed by atoms with Gasteiger partial charge in [0.25, 0.3) is 0 Å². The number of ether oxygens (including phenoxy) is 1. The second-order valence-electron chi connectivity index (χ2n) is 5.43. The molecular weight excluding hydrogens is 276 g/mol. The summed E-state index contributed by atoms with van der Waals surface area (Å²) in [5, 5.41) is 1.26. The molecule has 0 amide bonds. The van der Waals surface area contributed by atoms with Gasteiger partial charge in [0.05, 0.1) is 7.11 Å². The molecule has 4 nitrogen and oxygen atoms in total. The molecule has 1 N–H and O–H groups in total. The number of rotatable bonds is 4. The first kappa shape index (κ1) is 14.3. The Hall–Kier alpha value is -2.62. The smallest absolute Gasteiger partial charge is 0.343 e. The lowest BCUT2D eigenvalue weighted by atomic mass is 10.1. The standard InChI is InChI=1S/C18H19N2O2/c1-13-5-6-16-14(11-19-17(16)10-13)7-9-20-8-3-4-15(12-20)18(21)22-2/h3-6,8,10-12,19H,7,9H2,1-2H3/q+1. The number of nitrogens with one attached hydrogen (secondary N) is 1. The summed E-state index contributed by atoms with van der Waals surface area (Å²) in [4.78, 5) is 14.9. The van der Waals surface area contributed by atoms with Gasteiger partial charge in [0.2, 0.25) is 0 Å². The Morgan fingerprint density at radius 1 is 1.32 bits per heavy atom. The van der Waals surface area contributed by atoms with Crippen molar-refractivity contribution in [3.63, 3.8) is 0 Å². The first-order chi connectivity index (χ1) is 10.7. The number of aromatic nitrogens is 2. The van der Waals surface area contributed by atoms with Crippen LogP contribution in [-0.2, 0) is 17.7 Å². The normalized spacial score (nSPS) is 10.8. The molecule has 0 unspecified atom stereocenters. The van der Waals surface area contributed by atoms with Gasteiger partial charge in [-0.05, 0) is 30.2 Å². The third-order valence-electron chi connectivity index (χ3n) is 3.84. The number of aryl methyl sites for hydroxylation is 3. The van der Waals surface area contributed by atoms with Crippen molar-refractivity contribution < 1.29 is 14.1 Å². The van der Waals surface area contributed by atoms with Crippen LogP contribution >= 0.6 is 0 Å². The fraction of sp³-hybridized carbons (Fsp3) is 0.222. The van der Waals surface area contributed by atoms with Crippen LogP contribution in [0.25, 0.3) is 10.9 Å². The van der Waals surface area contributed by atoms with E-state index >= 15 is 0 Å². The maximum atomic E-state index is 11.6. The summed E-state index contributed by atoms with van der Waals surface area (Å²) >= 11 is 0. The molecule has 0 atom stereocenters. The van der Waals surface area contributed by atoms with Gasteiger partial charge in [-0.25, -0.2) is 9.36 Å². The predicted octanol–water partition coefficient (Wildman–Crippen LogP) is 2.79. The monoisotopic (exact) mass is 295 g/mol. The van der Waals surface area contributed by atoms with Crippen LogP contribution in [0.4, 0.5) is 0 Å². The van der Waals surface area contributed by atoms with Crippen molar-refractivity contribution in [1.82, 2.24) is 4.98 Å². The van der Waals surface area contributed by atoms with E-state index in [2.05, 4.69) is 36.3 Å². The Morgan fingerprint density at radius 2 is 2.18 bits per heavy atom. The van der Waals surface area contributed by atoms with Crippen LogP contribution < -0.4 is 4.57 Å². The van der Waals surface area contributed by atoms with E-state index in [1.807, 2.05) is 23.0 Å². The van der Waals surface area contributed by atoms with E-state index in [9.17, 15) is 4.79 Å². The van der Waals surface area contributed by atoms with Crippen molar-refractivity contribution in [2.24, 2.45) is 0 Å². The SMILES string of the molecule is COC(=O)c1ccc[n+](CCc2c[nH]c3cc(C)ccc23)c1. The van der Waals surface area contributed by atoms with Gasteiger partial charge in [-0.2, -0.15) is 0 Å². The van der Waals surface area contributed by atoms with Crippen molar-refractivity contribution in [3.05, 3.63) is 65.6 Å². The molecule has 2 heterocycles. The fourth-order valence-corrected chi connectivity index (χ4v) is 2.66. The molecule has 4 heteroatoms. The Kier molecular flexibility index (Phi) is 3.92. The number of hydrogen-bond donors (Lipinski definition) is 1. The lowest BCUT2D eigenvalue weighted by Crippen LogP contribution is -2.34. The van der Waals surface area contributed by atoms with Crippen molar-refractivity contribution in [3.8, 4) is 0 Å². The van der Waals surface area contributed by atoms with Gasteiger partial charge < -0.3 is 9.72 Å². The molecule has 0 fully saturated rings. The molecule has 112 valence electrons.